The molecular formula is C19H22N2O3S. The van der Waals surface area contributed by atoms with Crippen LogP contribution in [0, 0.1) is 0 Å². The van der Waals surface area contributed by atoms with E-state index in [-0.39, 0.29) is 23.5 Å². The van der Waals surface area contributed by atoms with Gasteiger partial charge in [0, 0.05) is 24.5 Å². The van der Waals surface area contributed by atoms with Crippen molar-refractivity contribution in [2.24, 2.45) is 0 Å². The minimum atomic E-state index is -2.90. The highest BCUT2D eigenvalue weighted by atomic mass is 32.2. The van der Waals surface area contributed by atoms with Gasteiger partial charge < -0.3 is 10.2 Å². The molecular weight excluding hydrogens is 336 g/mol. The lowest BCUT2D eigenvalue weighted by molar-refractivity contribution is -0.115. The van der Waals surface area contributed by atoms with Crippen molar-refractivity contribution < 1.29 is 13.2 Å². The lowest BCUT2D eigenvalue weighted by Crippen LogP contribution is -2.32. The van der Waals surface area contributed by atoms with E-state index in [0.717, 1.165) is 16.9 Å². The Hall–Kier alpha value is -2.34. The molecule has 6 heteroatoms. The molecule has 1 unspecified atom stereocenters. The summed E-state index contributed by atoms with van der Waals surface area (Å²) < 4.78 is 23.3. The molecule has 0 spiro atoms. The monoisotopic (exact) mass is 358 g/mol. The Kier molecular flexibility index (Phi) is 5.08. The third-order valence-corrected chi connectivity index (χ3v) is 6.27. The molecule has 5 nitrogen and oxygen atoms in total. The molecule has 1 aliphatic rings. The van der Waals surface area contributed by atoms with Gasteiger partial charge in [0.15, 0.2) is 9.84 Å². The highest BCUT2D eigenvalue weighted by Crippen LogP contribution is 2.24. The van der Waals surface area contributed by atoms with E-state index in [0.29, 0.717) is 12.8 Å². The van der Waals surface area contributed by atoms with Crippen LogP contribution in [0.5, 0.6) is 0 Å². The molecule has 2 aromatic carbocycles. The molecule has 3 rings (SSSR count). The van der Waals surface area contributed by atoms with Crippen molar-refractivity contribution in [2.45, 2.75) is 18.9 Å². The number of carbonyl (C=O) groups excluding carboxylic acids is 1. The van der Waals surface area contributed by atoms with Crippen LogP contribution >= 0.6 is 0 Å². The molecule has 1 atom stereocenters. The molecule has 132 valence electrons. The Bertz CT molecular complexity index is 833. The number of sulfone groups is 1. The Morgan fingerprint density at radius 2 is 1.80 bits per heavy atom. The minimum absolute atomic E-state index is 0.0171. The van der Waals surface area contributed by atoms with E-state index in [1.54, 1.807) is 0 Å². The Morgan fingerprint density at radius 1 is 1.12 bits per heavy atom. The first-order chi connectivity index (χ1) is 11.9. The number of hydrogen-bond acceptors (Lipinski definition) is 4. The van der Waals surface area contributed by atoms with Gasteiger partial charge >= 0.3 is 0 Å². The normalized spacial score (nSPS) is 18.7. The standard InChI is InChI=1S/C19H22N2O3S/c1-21(18-11-12-25(23,24)14-18)17-9-7-16(8-10-17)20-19(22)13-15-5-3-2-4-6-15/h2-10,18H,11-14H2,1H3,(H,20,22). The summed E-state index contributed by atoms with van der Waals surface area (Å²) >= 11 is 0. The van der Waals surface area contributed by atoms with Gasteiger partial charge in [-0.1, -0.05) is 30.3 Å². The number of hydrogen-bond donors (Lipinski definition) is 1. The largest absolute Gasteiger partial charge is 0.371 e. The predicted octanol–water partition coefficient (Wildman–Crippen LogP) is 2.49. The van der Waals surface area contributed by atoms with Crippen molar-refractivity contribution >= 4 is 27.1 Å². The minimum Gasteiger partial charge on any atom is -0.371 e. The highest BCUT2D eigenvalue weighted by Gasteiger charge is 2.30. The number of nitrogens with one attached hydrogen (secondary N) is 1. The molecule has 1 amide bonds. The van der Waals surface area contributed by atoms with E-state index in [4.69, 9.17) is 0 Å². The van der Waals surface area contributed by atoms with Crippen molar-refractivity contribution in [3.8, 4) is 0 Å². The maximum atomic E-state index is 12.1. The number of amides is 1. The van der Waals surface area contributed by atoms with Crippen LogP contribution in [-0.2, 0) is 21.1 Å². The summed E-state index contributed by atoms with van der Waals surface area (Å²) in [5, 5.41) is 2.89. The Labute approximate surface area is 148 Å². The van der Waals surface area contributed by atoms with Gasteiger partial charge in [0.25, 0.3) is 0 Å². The van der Waals surface area contributed by atoms with Crippen molar-refractivity contribution in [3.63, 3.8) is 0 Å². The predicted molar refractivity (Wildman–Crippen MR) is 101 cm³/mol. The quantitative estimate of drug-likeness (QED) is 0.892. The van der Waals surface area contributed by atoms with Gasteiger partial charge in [-0.2, -0.15) is 0 Å². The number of nitrogens with zero attached hydrogens (tertiary/aromatic N) is 1. The fraction of sp³-hybridized carbons (Fsp3) is 0.316. The molecule has 0 radical (unpaired) electrons. The molecule has 0 aromatic heterocycles. The van der Waals surface area contributed by atoms with Crippen LogP contribution in [0.2, 0.25) is 0 Å². The van der Waals surface area contributed by atoms with Gasteiger partial charge in [0.2, 0.25) is 5.91 Å². The van der Waals surface area contributed by atoms with E-state index in [1.807, 2.05) is 66.5 Å². The number of anilines is 2. The molecule has 0 aliphatic carbocycles. The average Bonchev–Trinajstić information content (AvgIpc) is 2.96. The van der Waals surface area contributed by atoms with Gasteiger partial charge in [-0.3, -0.25) is 4.79 Å². The summed E-state index contributed by atoms with van der Waals surface area (Å²) in [6.07, 6.45) is 0.997. The van der Waals surface area contributed by atoms with Gasteiger partial charge in [-0.05, 0) is 36.2 Å². The molecule has 25 heavy (non-hydrogen) atoms. The maximum absolute atomic E-state index is 12.1. The van der Waals surface area contributed by atoms with Gasteiger partial charge in [0.1, 0.15) is 0 Å². The summed E-state index contributed by atoms with van der Waals surface area (Å²) in [6.45, 7) is 0. The van der Waals surface area contributed by atoms with Crippen LogP contribution in [0.3, 0.4) is 0 Å². The maximum Gasteiger partial charge on any atom is 0.228 e. The molecule has 1 aliphatic heterocycles. The molecule has 1 N–H and O–H groups in total. The van der Waals surface area contributed by atoms with Gasteiger partial charge in [-0.15, -0.1) is 0 Å². The van der Waals surface area contributed by atoms with Crippen LogP contribution < -0.4 is 10.2 Å². The zero-order valence-electron chi connectivity index (χ0n) is 14.2. The molecule has 1 saturated heterocycles. The van der Waals surface area contributed by atoms with Crippen molar-refractivity contribution in [3.05, 3.63) is 60.2 Å². The fourth-order valence-electron chi connectivity index (χ4n) is 3.06. The Morgan fingerprint density at radius 3 is 2.40 bits per heavy atom. The van der Waals surface area contributed by atoms with Gasteiger partial charge in [0.05, 0.1) is 17.9 Å². The second-order valence-corrected chi connectivity index (χ2v) is 8.65. The first-order valence-corrected chi connectivity index (χ1v) is 10.1. The van der Waals surface area contributed by atoms with E-state index in [2.05, 4.69) is 5.32 Å². The van der Waals surface area contributed by atoms with Crippen molar-refractivity contribution in [2.75, 3.05) is 28.8 Å². The second kappa shape index (κ2) is 7.27. The smallest absolute Gasteiger partial charge is 0.228 e. The SMILES string of the molecule is CN(c1ccc(NC(=O)Cc2ccccc2)cc1)C1CCS(=O)(=O)C1. The Balaban J connectivity index is 1.59. The molecule has 0 saturated carbocycles. The zero-order valence-corrected chi connectivity index (χ0v) is 15.0. The number of carbonyl (C=O) groups is 1. The van der Waals surface area contributed by atoms with E-state index < -0.39 is 9.84 Å². The third-order valence-electron chi connectivity index (χ3n) is 4.52. The molecule has 1 fully saturated rings. The topological polar surface area (TPSA) is 66.5 Å². The number of benzene rings is 2. The van der Waals surface area contributed by atoms with Crippen molar-refractivity contribution in [1.82, 2.24) is 0 Å². The zero-order chi connectivity index (χ0) is 17.9. The van der Waals surface area contributed by atoms with Crippen LogP contribution in [0.4, 0.5) is 11.4 Å². The fourth-order valence-corrected chi connectivity index (χ4v) is 4.83. The van der Waals surface area contributed by atoms with E-state index in [9.17, 15) is 13.2 Å². The lowest BCUT2D eigenvalue weighted by atomic mass is 10.1. The summed E-state index contributed by atoms with van der Waals surface area (Å²) in [4.78, 5) is 14.1. The van der Waals surface area contributed by atoms with E-state index >= 15 is 0 Å². The van der Waals surface area contributed by atoms with Crippen LogP contribution in [0.25, 0.3) is 0 Å². The van der Waals surface area contributed by atoms with Gasteiger partial charge in [-0.25, -0.2) is 8.42 Å². The first kappa shape index (κ1) is 17.5. The number of rotatable bonds is 5. The first-order valence-electron chi connectivity index (χ1n) is 8.30. The van der Waals surface area contributed by atoms with Crippen LogP contribution in [0.1, 0.15) is 12.0 Å². The summed E-state index contributed by atoms with van der Waals surface area (Å²) in [5.74, 6) is 0.406. The highest BCUT2D eigenvalue weighted by molar-refractivity contribution is 7.91. The summed E-state index contributed by atoms with van der Waals surface area (Å²) in [6, 6.07) is 17.1. The summed E-state index contributed by atoms with van der Waals surface area (Å²) in [7, 11) is -0.990. The molecule has 0 bridgehead atoms. The summed E-state index contributed by atoms with van der Waals surface area (Å²) in [5.41, 5.74) is 2.65. The second-order valence-electron chi connectivity index (χ2n) is 6.43. The van der Waals surface area contributed by atoms with Crippen LogP contribution in [0.15, 0.2) is 54.6 Å². The molecule has 2 aromatic rings. The third kappa shape index (κ3) is 4.60. The average molecular weight is 358 g/mol. The van der Waals surface area contributed by atoms with E-state index in [1.165, 1.54) is 0 Å². The van der Waals surface area contributed by atoms with Crippen molar-refractivity contribution in [1.29, 1.82) is 0 Å². The van der Waals surface area contributed by atoms with Crippen LogP contribution in [-0.4, -0.2) is 38.9 Å². The molecule has 1 heterocycles. The lowest BCUT2D eigenvalue weighted by Gasteiger charge is -2.25.